The fourth-order valence-electron chi connectivity index (χ4n) is 1.90. The number of carbonyl (C=O) groups is 2. The average Bonchev–Trinajstić information content (AvgIpc) is 2.50. The minimum Gasteiger partial charge on any atom is -0.481 e. The number of rotatable bonds is 15. The molecule has 0 aromatic rings. The molecular weight excluding hydrogens is 325 g/mol. The van der Waals surface area contributed by atoms with Crippen LogP contribution in [0.3, 0.4) is 0 Å². The maximum absolute atomic E-state index is 10.2. The van der Waals surface area contributed by atoms with Gasteiger partial charge in [0.25, 0.3) is 0 Å². The van der Waals surface area contributed by atoms with E-state index in [4.69, 9.17) is 20.4 Å². The van der Waals surface area contributed by atoms with Crippen molar-refractivity contribution in [2.24, 2.45) is 0 Å². The van der Waals surface area contributed by atoms with Crippen LogP contribution in [-0.4, -0.2) is 58.7 Å². The second-order valence-corrected chi connectivity index (χ2v) is 5.31. The summed E-state index contributed by atoms with van der Waals surface area (Å²) in [6.45, 7) is 1.42. The number of aliphatic hydroxyl groups is 2. The van der Waals surface area contributed by atoms with Gasteiger partial charge < -0.3 is 25.7 Å². The first-order chi connectivity index (χ1) is 11.0. The van der Waals surface area contributed by atoms with Crippen molar-refractivity contribution in [2.45, 2.75) is 64.2 Å². The van der Waals surface area contributed by atoms with E-state index in [1.807, 2.05) is 0 Å². The number of unbranched alkanes of at least 4 members (excludes halogenated alkanes) is 7. The van der Waals surface area contributed by atoms with E-state index in [2.05, 4.69) is 5.32 Å². The summed E-state index contributed by atoms with van der Waals surface area (Å²) in [7, 11) is 0. The third-order valence-electron chi connectivity index (χ3n) is 3.11. The predicted octanol–water partition coefficient (Wildman–Crippen LogP) is -1.38. The Bertz CT molecular complexity index is 253. The van der Waals surface area contributed by atoms with Crippen LogP contribution < -0.4 is 34.9 Å². The fraction of sp³-hybridized carbons (Fsp3) is 0.875. The largest absolute Gasteiger partial charge is 1.00 e. The van der Waals surface area contributed by atoms with E-state index in [-0.39, 0.29) is 55.6 Å². The molecule has 0 fully saturated rings. The fourth-order valence-corrected chi connectivity index (χ4v) is 1.90. The van der Waals surface area contributed by atoms with Gasteiger partial charge in [0, 0.05) is 25.9 Å². The van der Waals surface area contributed by atoms with Crippen LogP contribution in [0.15, 0.2) is 0 Å². The summed E-state index contributed by atoms with van der Waals surface area (Å²) in [6.07, 6.45) is 8.51. The van der Waals surface area contributed by atoms with Crippen LogP contribution in [-0.2, 0) is 9.59 Å². The zero-order valence-electron chi connectivity index (χ0n) is 15.0. The van der Waals surface area contributed by atoms with Crippen molar-refractivity contribution >= 4 is 11.9 Å². The molecule has 0 saturated heterocycles. The number of carboxylic acids is 2. The van der Waals surface area contributed by atoms with Gasteiger partial charge in [0.05, 0.1) is 13.2 Å². The van der Waals surface area contributed by atoms with Gasteiger partial charge in [-0.2, -0.15) is 0 Å². The Balaban J connectivity index is -0.000000468. The number of carboxylic acid groups (broad SMARTS) is 2. The molecule has 24 heavy (non-hydrogen) atoms. The van der Waals surface area contributed by atoms with Crippen molar-refractivity contribution in [3.8, 4) is 0 Å². The van der Waals surface area contributed by atoms with E-state index < -0.39 is 11.9 Å². The molecule has 5 N–H and O–H groups in total. The number of hydrogen-bond acceptors (Lipinski definition) is 5. The van der Waals surface area contributed by atoms with Gasteiger partial charge >= 0.3 is 41.5 Å². The second-order valence-electron chi connectivity index (χ2n) is 5.31. The minimum absolute atomic E-state index is 0. The van der Waals surface area contributed by atoms with E-state index in [0.29, 0.717) is 13.1 Å². The van der Waals surface area contributed by atoms with Crippen molar-refractivity contribution in [3.63, 3.8) is 0 Å². The zero-order valence-corrected chi connectivity index (χ0v) is 17.0. The van der Waals surface area contributed by atoms with Gasteiger partial charge in [0.2, 0.25) is 0 Å². The van der Waals surface area contributed by atoms with Gasteiger partial charge in [-0.3, -0.25) is 9.59 Å². The summed E-state index contributed by atoms with van der Waals surface area (Å²) >= 11 is 0. The van der Waals surface area contributed by atoms with Crippen molar-refractivity contribution in [2.75, 3.05) is 26.3 Å². The summed E-state index contributed by atoms with van der Waals surface area (Å²) in [6, 6.07) is 0. The minimum atomic E-state index is -0.714. The van der Waals surface area contributed by atoms with Crippen molar-refractivity contribution < 1.29 is 59.6 Å². The molecule has 0 amide bonds. The number of hydrogen-bond donors (Lipinski definition) is 5. The van der Waals surface area contributed by atoms with Gasteiger partial charge in [-0.15, -0.1) is 0 Å². The van der Waals surface area contributed by atoms with Gasteiger partial charge in [0.1, 0.15) is 0 Å². The second kappa shape index (κ2) is 25.1. The van der Waals surface area contributed by atoms with Crippen LogP contribution in [0.2, 0.25) is 0 Å². The quantitative estimate of drug-likeness (QED) is 0.180. The molecule has 0 saturated carbocycles. The van der Waals surface area contributed by atoms with Crippen LogP contribution in [0.25, 0.3) is 0 Å². The molecule has 0 aliphatic heterocycles. The zero-order chi connectivity index (χ0) is 17.8. The van der Waals surface area contributed by atoms with E-state index in [0.717, 1.165) is 51.4 Å². The molecule has 0 spiro atoms. The van der Waals surface area contributed by atoms with E-state index in [1.165, 1.54) is 0 Å². The first-order valence-electron chi connectivity index (χ1n) is 8.40. The monoisotopic (exact) mass is 358 g/mol. The Morgan fingerprint density at radius 3 is 1.17 bits per heavy atom. The van der Waals surface area contributed by atoms with Crippen LogP contribution in [0, 0.1) is 0 Å². The third kappa shape index (κ3) is 33.4. The maximum atomic E-state index is 10.2. The first-order valence-corrected chi connectivity index (χ1v) is 8.40. The van der Waals surface area contributed by atoms with E-state index in [9.17, 15) is 9.59 Å². The number of nitrogens with one attached hydrogen (secondary N) is 1. The Morgan fingerprint density at radius 2 is 0.917 bits per heavy atom. The van der Waals surface area contributed by atoms with Gasteiger partial charge in [0.15, 0.2) is 0 Å². The average molecular weight is 358 g/mol. The molecule has 7 nitrogen and oxygen atoms in total. The SMILES string of the molecule is O=C(O)CCCCCCCCCCC(=O)O.OCCNCCO.[Na+]. The standard InChI is InChI=1S/C12H22O4.C4H11NO2.Na/c13-11(14)9-7-5-3-1-2-4-6-8-10-12(15)16;6-3-1-5-2-4-7;/h1-10H2,(H,13,14)(H,15,16);5-7H,1-4H2;/q;;+1. The molecule has 138 valence electrons. The van der Waals surface area contributed by atoms with Gasteiger partial charge in [-0.25, -0.2) is 0 Å². The first kappa shape index (κ1) is 28.6. The molecule has 0 aromatic carbocycles. The summed E-state index contributed by atoms with van der Waals surface area (Å²) < 4.78 is 0. The van der Waals surface area contributed by atoms with Gasteiger partial charge in [-0.05, 0) is 12.8 Å². The van der Waals surface area contributed by atoms with Crippen molar-refractivity contribution in [1.82, 2.24) is 5.32 Å². The molecule has 0 aromatic heterocycles. The molecule has 0 radical (unpaired) electrons. The Hall–Kier alpha value is -0.180. The molecule has 0 aliphatic rings. The van der Waals surface area contributed by atoms with Crippen molar-refractivity contribution in [1.29, 1.82) is 0 Å². The van der Waals surface area contributed by atoms with Gasteiger partial charge in [-0.1, -0.05) is 38.5 Å². The number of aliphatic hydroxyl groups excluding tert-OH is 2. The third-order valence-corrected chi connectivity index (χ3v) is 3.11. The van der Waals surface area contributed by atoms with Crippen LogP contribution in [0.5, 0.6) is 0 Å². The van der Waals surface area contributed by atoms with Crippen LogP contribution in [0.1, 0.15) is 64.2 Å². The van der Waals surface area contributed by atoms with E-state index in [1.54, 1.807) is 0 Å². The number of aliphatic carboxylic acids is 2. The maximum Gasteiger partial charge on any atom is 1.00 e. The molecule has 0 unspecified atom stereocenters. The summed E-state index contributed by atoms with van der Waals surface area (Å²) in [5, 5.41) is 35.9. The van der Waals surface area contributed by atoms with E-state index >= 15 is 0 Å². The molecule has 0 aliphatic carbocycles. The predicted molar refractivity (Wildman–Crippen MR) is 88.5 cm³/mol. The van der Waals surface area contributed by atoms with Crippen LogP contribution in [0.4, 0.5) is 0 Å². The molecule has 0 bridgehead atoms. The Labute approximate surface area is 167 Å². The topological polar surface area (TPSA) is 127 Å². The molecule has 0 rings (SSSR count). The Morgan fingerprint density at radius 1 is 0.625 bits per heavy atom. The smallest absolute Gasteiger partial charge is 0.481 e. The Kier molecular flexibility index (Phi) is 29.9. The summed E-state index contributed by atoms with van der Waals surface area (Å²) in [5.41, 5.74) is 0. The van der Waals surface area contributed by atoms with Crippen molar-refractivity contribution in [3.05, 3.63) is 0 Å². The summed E-state index contributed by atoms with van der Waals surface area (Å²) in [4.78, 5) is 20.4. The molecule has 0 heterocycles. The normalized spacial score (nSPS) is 9.58. The molecular formula is C16H33NNaO6+. The van der Waals surface area contributed by atoms with Crippen LogP contribution >= 0.6 is 0 Å². The molecule has 8 heteroatoms. The molecule has 0 atom stereocenters. The summed E-state index contributed by atoms with van der Waals surface area (Å²) in [5.74, 6) is -1.43.